The van der Waals surface area contributed by atoms with Gasteiger partial charge in [-0.3, -0.25) is 4.79 Å². The van der Waals surface area contributed by atoms with E-state index in [1.165, 1.54) is 0 Å². The number of hydrogen-bond donors (Lipinski definition) is 1. The van der Waals surface area contributed by atoms with E-state index in [1.807, 2.05) is 20.8 Å². The standard InChI is InChI=1S/C27H34F3NO7SSi/c1-25(2,3)17-40-37-16-22(26(4,5)6)31-23(32)19-12-13-21(38-39(34,35)27(28,29)30)20(14-19)24(33)36-15-18-10-8-7-9-11-18/h7-14,22H,15-17H2,1-6H3,(H,31,32). The summed E-state index contributed by atoms with van der Waals surface area (Å²) < 4.78 is 77.4. The number of alkyl halides is 3. The summed E-state index contributed by atoms with van der Waals surface area (Å²) in [4.78, 5) is 26.0. The lowest BCUT2D eigenvalue weighted by Gasteiger charge is -2.31. The molecule has 0 aliphatic rings. The van der Waals surface area contributed by atoms with Gasteiger partial charge in [-0.05, 0) is 40.6 Å². The average Bonchev–Trinajstić information content (AvgIpc) is 2.83. The van der Waals surface area contributed by atoms with Crippen LogP contribution in [0.2, 0.25) is 6.04 Å². The topological polar surface area (TPSA) is 108 Å². The minimum atomic E-state index is -6.09. The monoisotopic (exact) mass is 601 g/mol. The Morgan fingerprint density at radius 2 is 1.60 bits per heavy atom. The number of rotatable bonds is 11. The van der Waals surface area contributed by atoms with Crippen LogP contribution in [0, 0.1) is 10.8 Å². The Morgan fingerprint density at radius 1 is 0.975 bits per heavy atom. The fourth-order valence-corrected chi connectivity index (χ4v) is 4.33. The highest BCUT2D eigenvalue weighted by molar-refractivity contribution is 7.88. The summed E-state index contributed by atoms with van der Waals surface area (Å²) in [5.74, 6) is -2.75. The third kappa shape index (κ3) is 10.2. The summed E-state index contributed by atoms with van der Waals surface area (Å²) in [6.07, 6.45) is 0. The highest BCUT2D eigenvalue weighted by atomic mass is 32.2. The van der Waals surface area contributed by atoms with Crippen LogP contribution in [-0.4, -0.2) is 48.2 Å². The first-order chi connectivity index (χ1) is 18.3. The van der Waals surface area contributed by atoms with Gasteiger partial charge >= 0.3 is 21.6 Å². The van der Waals surface area contributed by atoms with Crippen LogP contribution in [0.5, 0.6) is 5.75 Å². The second-order valence-corrected chi connectivity index (χ2v) is 13.8. The largest absolute Gasteiger partial charge is 0.534 e. The second kappa shape index (κ2) is 13.2. The molecule has 0 spiro atoms. The van der Waals surface area contributed by atoms with Crippen LogP contribution >= 0.6 is 0 Å². The van der Waals surface area contributed by atoms with E-state index >= 15 is 0 Å². The van der Waals surface area contributed by atoms with Gasteiger partial charge in [0.1, 0.15) is 12.2 Å². The zero-order valence-electron chi connectivity index (χ0n) is 23.2. The van der Waals surface area contributed by atoms with E-state index in [9.17, 15) is 31.2 Å². The Balaban J connectivity index is 2.32. The highest BCUT2D eigenvalue weighted by Gasteiger charge is 2.49. The molecular formula is C27H34F3NO7SSi. The first-order valence-corrected chi connectivity index (χ1v) is 14.8. The van der Waals surface area contributed by atoms with E-state index < -0.39 is 50.3 Å². The molecule has 2 aromatic rings. The molecule has 0 aliphatic carbocycles. The second-order valence-electron chi connectivity index (χ2n) is 11.3. The van der Waals surface area contributed by atoms with Gasteiger partial charge in [0.25, 0.3) is 5.91 Å². The van der Waals surface area contributed by atoms with Crippen molar-refractivity contribution in [3.05, 3.63) is 65.2 Å². The predicted octanol–water partition coefficient (Wildman–Crippen LogP) is 5.52. The maximum Gasteiger partial charge on any atom is 0.534 e. The van der Waals surface area contributed by atoms with Crippen LogP contribution in [0.4, 0.5) is 13.2 Å². The van der Waals surface area contributed by atoms with Crippen molar-refractivity contribution >= 4 is 31.8 Å². The molecule has 0 bridgehead atoms. The van der Waals surface area contributed by atoms with Crippen molar-refractivity contribution in [2.24, 2.45) is 10.8 Å². The molecule has 0 saturated heterocycles. The molecule has 1 amide bonds. The van der Waals surface area contributed by atoms with Crippen molar-refractivity contribution in [3.63, 3.8) is 0 Å². The SMILES string of the molecule is CC(C)(C)C[Si]OCC(NC(=O)c1ccc(OS(=O)(=O)C(F)(F)F)c(C(=O)OCc2ccccc2)c1)C(C)(C)C. The average molecular weight is 602 g/mol. The van der Waals surface area contributed by atoms with Crippen molar-refractivity contribution < 1.29 is 44.5 Å². The Bertz CT molecular complexity index is 1270. The van der Waals surface area contributed by atoms with E-state index in [2.05, 4.69) is 30.3 Å². The summed E-state index contributed by atoms with van der Waals surface area (Å²) in [7, 11) is -5.88. The van der Waals surface area contributed by atoms with E-state index in [0.717, 1.165) is 24.2 Å². The van der Waals surface area contributed by atoms with E-state index in [4.69, 9.17) is 9.16 Å². The lowest BCUT2D eigenvalue weighted by atomic mass is 9.87. The third-order valence-electron chi connectivity index (χ3n) is 5.46. The number of carbonyl (C=O) groups excluding carboxylic acids is 2. The fourth-order valence-electron chi connectivity index (χ4n) is 3.03. The molecule has 1 N–H and O–H groups in total. The fraction of sp³-hybridized carbons (Fsp3) is 0.481. The lowest BCUT2D eigenvalue weighted by molar-refractivity contribution is -0.0500. The molecule has 40 heavy (non-hydrogen) atoms. The van der Waals surface area contributed by atoms with E-state index in [0.29, 0.717) is 5.56 Å². The molecular weight excluding hydrogens is 567 g/mol. The van der Waals surface area contributed by atoms with Crippen molar-refractivity contribution in [2.45, 2.75) is 65.7 Å². The Kier molecular flexibility index (Phi) is 11.0. The minimum Gasteiger partial charge on any atom is -0.457 e. The van der Waals surface area contributed by atoms with Crippen LogP contribution in [0.25, 0.3) is 0 Å². The van der Waals surface area contributed by atoms with Crippen LogP contribution in [0.3, 0.4) is 0 Å². The van der Waals surface area contributed by atoms with Crippen LogP contribution < -0.4 is 9.50 Å². The Hall–Kier alpha value is -2.90. The van der Waals surface area contributed by atoms with Gasteiger partial charge in [-0.15, -0.1) is 0 Å². The summed E-state index contributed by atoms with van der Waals surface area (Å²) >= 11 is 0. The molecule has 13 heteroatoms. The van der Waals surface area contributed by atoms with Gasteiger partial charge in [0.15, 0.2) is 5.75 Å². The molecule has 8 nitrogen and oxygen atoms in total. The number of carbonyl (C=O) groups is 2. The molecule has 220 valence electrons. The molecule has 2 rings (SSSR count). The van der Waals surface area contributed by atoms with Crippen LogP contribution in [-0.2, 0) is 25.9 Å². The molecule has 1 unspecified atom stereocenters. The first-order valence-electron chi connectivity index (χ1n) is 12.3. The molecule has 0 fully saturated rings. The van der Waals surface area contributed by atoms with Crippen molar-refractivity contribution in [1.82, 2.24) is 5.32 Å². The van der Waals surface area contributed by atoms with Crippen LogP contribution in [0.15, 0.2) is 48.5 Å². The van der Waals surface area contributed by atoms with Crippen molar-refractivity contribution in [1.29, 1.82) is 0 Å². The lowest BCUT2D eigenvalue weighted by Crippen LogP contribution is -2.47. The number of nitrogens with one attached hydrogen (secondary N) is 1. The minimum absolute atomic E-state index is 0.0772. The molecule has 1 atom stereocenters. The van der Waals surface area contributed by atoms with Gasteiger partial charge in [-0.2, -0.15) is 21.6 Å². The number of benzene rings is 2. The number of esters is 1. The molecule has 0 aliphatic heterocycles. The number of ether oxygens (including phenoxy) is 1. The predicted molar refractivity (Wildman–Crippen MR) is 144 cm³/mol. The van der Waals surface area contributed by atoms with E-state index in [-0.39, 0.29) is 34.0 Å². The summed E-state index contributed by atoms with van der Waals surface area (Å²) in [6, 6.07) is 11.6. The molecule has 0 aromatic heterocycles. The van der Waals surface area contributed by atoms with Gasteiger partial charge in [-0.1, -0.05) is 71.9 Å². The first kappa shape index (κ1) is 33.3. The zero-order chi connectivity index (χ0) is 30.4. The van der Waals surface area contributed by atoms with Gasteiger partial charge in [0, 0.05) is 5.56 Å². The molecule has 0 heterocycles. The van der Waals surface area contributed by atoms with Crippen molar-refractivity contribution in [2.75, 3.05) is 6.61 Å². The van der Waals surface area contributed by atoms with Crippen molar-refractivity contribution in [3.8, 4) is 5.75 Å². The maximum atomic E-state index is 13.1. The van der Waals surface area contributed by atoms with Gasteiger partial charge < -0.3 is 18.7 Å². The van der Waals surface area contributed by atoms with Gasteiger partial charge in [0.05, 0.1) is 12.6 Å². The van der Waals surface area contributed by atoms with Crippen LogP contribution in [0.1, 0.15) is 67.8 Å². The third-order valence-corrected chi connectivity index (χ3v) is 8.00. The molecule has 0 saturated carbocycles. The zero-order valence-corrected chi connectivity index (χ0v) is 25.0. The Morgan fingerprint density at radius 3 is 2.15 bits per heavy atom. The number of amides is 1. The molecule has 2 aromatic carbocycles. The number of halogens is 3. The number of hydrogen-bond acceptors (Lipinski definition) is 7. The highest BCUT2D eigenvalue weighted by Crippen LogP contribution is 2.30. The normalized spacial score (nSPS) is 13.4. The summed E-state index contributed by atoms with van der Waals surface area (Å²) in [5.41, 5.74) is -6.28. The van der Waals surface area contributed by atoms with E-state index in [1.54, 1.807) is 30.3 Å². The maximum absolute atomic E-state index is 13.1. The summed E-state index contributed by atoms with van der Waals surface area (Å²) in [5, 5.41) is 2.84. The smallest absolute Gasteiger partial charge is 0.457 e. The molecule has 2 radical (unpaired) electrons. The summed E-state index contributed by atoms with van der Waals surface area (Å²) in [6.45, 7) is 11.9. The quantitative estimate of drug-likeness (QED) is 0.119. The van der Waals surface area contributed by atoms with Gasteiger partial charge in [0.2, 0.25) is 9.76 Å². The van der Waals surface area contributed by atoms with Gasteiger partial charge in [-0.25, -0.2) is 4.79 Å². The Labute approximate surface area is 235 Å².